The quantitative estimate of drug-likeness (QED) is 0.610. The lowest BCUT2D eigenvalue weighted by atomic mass is 9.98. The van der Waals surface area contributed by atoms with Crippen molar-refractivity contribution < 1.29 is 26.7 Å². The molecule has 3 rings (SSSR count). The van der Waals surface area contributed by atoms with E-state index in [2.05, 4.69) is 9.62 Å². The Morgan fingerprint density at radius 3 is 2.40 bits per heavy atom. The van der Waals surface area contributed by atoms with E-state index in [4.69, 9.17) is 9.47 Å². The van der Waals surface area contributed by atoms with Crippen LogP contribution in [0, 0.1) is 11.6 Å². The van der Waals surface area contributed by atoms with Gasteiger partial charge in [0.25, 0.3) is 0 Å². The van der Waals surface area contributed by atoms with Crippen LogP contribution in [0.3, 0.4) is 0 Å². The molecule has 1 heterocycles. The van der Waals surface area contributed by atoms with Crippen LogP contribution in [0.5, 0.6) is 11.5 Å². The van der Waals surface area contributed by atoms with Crippen LogP contribution in [0.4, 0.5) is 8.78 Å². The SMILES string of the molecule is COc1cc2c(cc1OC)CN(CCCNS(=O)(=O)c1cc(F)ccc1F)CC2.Cl. The maximum absolute atomic E-state index is 13.7. The van der Waals surface area contributed by atoms with Gasteiger partial charge in [0.2, 0.25) is 10.0 Å². The van der Waals surface area contributed by atoms with E-state index in [9.17, 15) is 17.2 Å². The third-order valence-corrected chi connectivity index (χ3v) is 6.40. The zero-order valence-electron chi connectivity index (χ0n) is 16.8. The average Bonchev–Trinajstić information content (AvgIpc) is 2.71. The predicted molar refractivity (Wildman–Crippen MR) is 112 cm³/mol. The van der Waals surface area contributed by atoms with E-state index < -0.39 is 26.6 Å². The minimum absolute atomic E-state index is 0. The molecule has 0 spiro atoms. The fourth-order valence-electron chi connectivity index (χ4n) is 3.40. The number of nitrogens with one attached hydrogen (secondary N) is 1. The number of benzene rings is 2. The molecule has 0 saturated carbocycles. The van der Waals surface area contributed by atoms with Gasteiger partial charge in [-0.3, -0.25) is 4.90 Å². The number of halogens is 3. The Balaban J connectivity index is 0.00000320. The van der Waals surface area contributed by atoms with E-state index in [1.807, 2.05) is 12.1 Å². The van der Waals surface area contributed by atoms with Crippen LogP contribution in [0.2, 0.25) is 0 Å². The maximum Gasteiger partial charge on any atom is 0.243 e. The number of sulfonamides is 1. The lowest BCUT2D eigenvalue weighted by molar-refractivity contribution is 0.250. The molecule has 0 amide bonds. The third kappa shape index (κ3) is 5.60. The van der Waals surface area contributed by atoms with E-state index in [0.717, 1.165) is 37.2 Å². The molecule has 1 aliphatic heterocycles. The first-order chi connectivity index (χ1) is 13.8. The van der Waals surface area contributed by atoms with Crippen molar-refractivity contribution >= 4 is 22.4 Å². The van der Waals surface area contributed by atoms with Crippen LogP contribution in [-0.4, -0.2) is 47.2 Å². The molecule has 166 valence electrons. The van der Waals surface area contributed by atoms with Crippen LogP contribution >= 0.6 is 12.4 Å². The van der Waals surface area contributed by atoms with E-state index in [-0.39, 0.29) is 19.0 Å². The molecule has 0 radical (unpaired) electrons. The van der Waals surface area contributed by atoms with Crippen molar-refractivity contribution in [3.05, 3.63) is 53.1 Å². The highest BCUT2D eigenvalue weighted by Gasteiger charge is 2.21. The summed E-state index contributed by atoms with van der Waals surface area (Å²) in [6, 6.07) is 6.33. The van der Waals surface area contributed by atoms with Crippen LogP contribution in [-0.2, 0) is 23.0 Å². The largest absolute Gasteiger partial charge is 0.493 e. The molecule has 0 aromatic heterocycles. The van der Waals surface area contributed by atoms with Crippen LogP contribution in [0.1, 0.15) is 17.5 Å². The third-order valence-electron chi connectivity index (χ3n) is 4.92. The molecule has 0 bridgehead atoms. The van der Waals surface area contributed by atoms with E-state index in [0.29, 0.717) is 30.5 Å². The summed E-state index contributed by atoms with van der Waals surface area (Å²) in [5.74, 6) is -0.390. The van der Waals surface area contributed by atoms with Gasteiger partial charge in [0, 0.05) is 19.6 Å². The first-order valence-electron chi connectivity index (χ1n) is 9.25. The Bertz CT molecular complexity index is 989. The highest BCUT2D eigenvalue weighted by molar-refractivity contribution is 7.89. The van der Waals surface area contributed by atoms with Crippen LogP contribution in [0.15, 0.2) is 35.2 Å². The van der Waals surface area contributed by atoms with Crippen LogP contribution < -0.4 is 14.2 Å². The molecular formula is C20H25ClF2N2O4S. The van der Waals surface area contributed by atoms with Crippen molar-refractivity contribution in [3.8, 4) is 11.5 Å². The summed E-state index contributed by atoms with van der Waals surface area (Å²) >= 11 is 0. The van der Waals surface area contributed by atoms with Gasteiger partial charge in [0.05, 0.1) is 14.2 Å². The van der Waals surface area contributed by atoms with Gasteiger partial charge < -0.3 is 9.47 Å². The number of fused-ring (bicyclic) bond motifs is 1. The number of methoxy groups -OCH3 is 2. The molecule has 30 heavy (non-hydrogen) atoms. The molecule has 0 unspecified atom stereocenters. The molecular weight excluding hydrogens is 438 g/mol. The molecule has 0 atom stereocenters. The minimum Gasteiger partial charge on any atom is -0.493 e. The van der Waals surface area contributed by atoms with Crippen molar-refractivity contribution in [3.63, 3.8) is 0 Å². The van der Waals surface area contributed by atoms with Gasteiger partial charge in [0.1, 0.15) is 16.5 Å². The molecule has 1 N–H and O–H groups in total. The lowest BCUT2D eigenvalue weighted by Crippen LogP contribution is -2.34. The van der Waals surface area contributed by atoms with E-state index >= 15 is 0 Å². The van der Waals surface area contributed by atoms with Crippen molar-refractivity contribution in [2.24, 2.45) is 0 Å². The van der Waals surface area contributed by atoms with Gasteiger partial charge in [-0.25, -0.2) is 21.9 Å². The zero-order chi connectivity index (χ0) is 21.0. The van der Waals surface area contributed by atoms with E-state index in [1.54, 1.807) is 14.2 Å². The molecule has 0 saturated heterocycles. The smallest absolute Gasteiger partial charge is 0.243 e. The van der Waals surface area contributed by atoms with Gasteiger partial charge in [-0.05, 0) is 60.8 Å². The summed E-state index contributed by atoms with van der Waals surface area (Å²) in [5, 5.41) is 0. The van der Waals surface area contributed by atoms with Crippen molar-refractivity contribution in [1.29, 1.82) is 0 Å². The highest BCUT2D eigenvalue weighted by atomic mass is 35.5. The maximum atomic E-state index is 13.7. The van der Waals surface area contributed by atoms with Gasteiger partial charge >= 0.3 is 0 Å². The Labute approximate surface area is 181 Å². The second-order valence-electron chi connectivity index (χ2n) is 6.83. The Morgan fingerprint density at radius 1 is 1.07 bits per heavy atom. The summed E-state index contributed by atoms with van der Waals surface area (Å²) in [6.07, 6.45) is 1.40. The predicted octanol–water partition coefficient (Wildman–Crippen LogP) is 3.13. The van der Waals surface area contributed by atoms with E-state index in [1.165, 1.54) is 5.56 Å². The Hall–Kier alpha value is -1.94. The minimum atomic E-state index is -4.10. The lowest BCUT2D eigenvalue weighted by Gasteiger charge is -2.29. The molecule has 10 heteroatoms. The van der Waals surface area contributed by atoms with Crippen molar-refractivity contribution in [2.75, 3.05) is 33.9 Å². The number of hydrogen-bond donors (Lipinski definition) is 1. The molecule has 0 fully saturated rings. The molecule has 2 aromatic rings. The van der Waals surface area contributed by atoms with Gasteiger partial charge in [-0.2, -0.15) is 0 Å². The summed E-state index contributed by atoms with van der Waals surface area (Å²) in [5.41, 5.74) is 2.36. The standard InChI is InChI=1S/C20H24F2N2O4S.ClH/c1-27-18-10-14-6-9-24(13-15(14)11-19(18)28-2)8-3-7-23-29(25,26)20-12-16(21)4-5-17(20)22;/h4-5,10-12,23H,3,6-9,13H2,1-2H3;1H. The topological polar surface area (TPSA) is 67.9 Å². The molecule has 2 aromatic carbocycles. The summed E-state index contributed by atoms with van der Waals surface area (Å²) < 4.78 is 64.4. The Morgan fingerprint density at radius 2 is 1.73 bits per heavy atom. The number of hydrogen-bond acceptors (Lipinski definition) is 5. The fraction of sp³-hybridized carbons (Fsp3) is 0.400. The highest BCUT2D eigenvalue weighted by Crippen LogP contribution is 2.33. The Kier molecular flexibility index (Phi) is 8.42. The summed E-state index contributed by atoms with van der Waals surface area (Å²) in [7, 11) is -0.893. The molecule has 0 aliphatic carbocycles. The first kappa shape index (κ1) is 24.3. The van der Waals surface area contributed by atoms with Gasteiger partial charge in [0.15, 0.2) is 11.5 Å². The second kappa shape index (κ2) is 10.4. The van der Waals surface area contributed by atoms with Gasteiger partial charge in [-0.1, -0.05) is 0 Å². The van der Waals surface area contributed by atoms with Crippen molar-refractivity contribution in [1.82, 2.24) is 9.62 Å². The fourth-order valence-corrected chi connectivity index (χ4v) is 4.56. The second-order valence-corrected chi connectivity index (χ2v) is 8.56. The van der Waals surface area contributed by atoms with Crippen molar-refractivity contribution in [2.45, 2.75) is 24.3 Å². The molecule has 1 aliphatic rings. The monoisotopic (exact) mass is 462 g/mol. The summed E-state index contributed by atoms with van der Waals surface area (Å²) in [4.78, 5) is 1.54. The van der Waals surface area contributed by atoms with Gasteiger partial charge in [-0.15, -0.1) is 12.4 Å². The first-order valence-corrected chi connectivity index (χ1v) is 10.7. The number of rotatable bonds is 8. The number of nitrogens with zero attached hydrogens (tertiary/aromatic N) is 1. The zero-order valence-corrected chi connectivity index (χ0v) is 18.4. The summed E-state index contributed by atoms with van der Waals surface area (Å²) in [6.45, 7) is 2.37. The number of ether oxygens (including phenoxy) is 2. The molecule has 6 nitrogen and oxygen atoms in total. The average molecular weight is 463 g/mol. The normalized spacial score (nSPS) is 14.0. The van der Waals surface area contributed by atoms with Crippen LogP contribution in [0.25, 0.3) is 0 Å².